The lowest BCUT2D eigenvalue weighted by atomic mass is 10.1. The Balaban J connectivity index is 1.97. The molecule has 25 heavy (non-hydrogen) atoms. The maximum Gasteiger partial charge on any atom is 0.281 e. The number of amides is 1. The number of rotatable bonds is 6. The molecule has 0 aliphatic carbocycles. The molecular formula is C16H25N3O5S. The Bertz CT molecular complexity index is 712. The fraction of sp³-hybridized carbons (Fsp3) is 0.562. The van der Waals surface area contributed by atoms with E-state index in [1.165, 1.54) is 36.9 Å². The molecule has 0 aromatic heterocycles. The minimum Gasteiger partial charge on any atom is -0.493 e. The van der Waals surface area contributed by atoms with E-state index in [-0.39, 0.29) is 11.9 Å². The fourth-order valence-electron chi connectivity index (χ4n) is 2.71. The molecule has 0 bridgehead atoms. The molecule has 8 nitrogen and oxygen atoms in total. The first-order valence-corrected chi connectivity index (χ1v) is 9.39. The highest BCUT2D eigenvalue weighted by Gasteiger charge is 2.30. The molecule has 1 saturated heterocycles. The molecule has 1 fully saturated rings. The van der Waals surface area contributed by atoms with Gasteiger partial charge in [-0.15, -0.1) is 0 Å². The zero-order valence-electron chi connectivity index (χ0n) is 15.0. The van der Waals surface area contributed by atoms with E-state index in [2.05, 4.69) is 5.32 Å². The third kappa shape index (κ3) is 4.42. The molecule has 0 atom stereocenters. The molecule has 1 aromatic rings. The average Bonchev–Trinajstić information content (AvgIpc) is 2.61. The molecular weight excluding hydrogens is 346 g/mol. The van der Waals surface area contributed by atoms with Crippen LogP contribution in [0.2, 0.25) is 0 Å². The van der Waals surface area contributed by atoms with Gasteiger partial charge < -0.3 is 14.8 Å². The van der Waals surface area contributed by atoms with Gasteiger partial charge in [-0.25, -0.2) is 0 Å². The summed E-state index contributed by atoms with van der Waals surface area (Å²) in [6, 6.07) is 4.91. The number of hydrogen-bond donors (Lipinski definition) is 1. The quantitative estimate of drug-likeness (QED) is 0.795. The van der Waals surface area contributed by atoms with E-state index in [1.54, 1.807) is 18.2 Å². The third-order valence-corrected chi connectivity index (χ3v) is 6.16. The van der Waals surface area contributed by atoms with Crippen LogP contribution in [-0.4, -0.2) is 70.4 Å². The van der Waals surface area contributed by atoms with Gasteiger partial charge in [0.25, 0.3) is 16.1 Å². The SMILES string of the molecule is COc1ccc(C(=O)NC2CCN(S(=O)(=O)N(C)C)CC2)cc1OC. The second-order valence-corrected chi connectivity index (χ2v) is 8.15. The van der Waals surface area contributed by atoms with Crippen molar-refractivity contribution in [3.05, 3.63) is 23.8 Å². The predicted molar refractivity (Wildman–Crippen MR) is 94.2 cm³/mol. The van der Waals surface area contributed by atoms with Crippen LogP contribution in [0.3, 0.4) is 0 Å². The molecule has 1 aliphatic rings. The summed E-state index contributed by atoms with van der Waals surface area (Å²) in [4.78, 5) is 12.4. The smallest absolute Gasteiger partial charge is 0.281 e. The first-order chi connectivity index (χ1) is 11.8. The van der Waals surface area contributed by atoms with Crippen molar-refractivity contribution in [2.24, 2.45) is 0 Å². The van der Waals surface area contributed by atoms with Gasteiger partial charge in [0.05, 0.1) is 14.2 Å². The van der Waals surface area contributed by atoms with E-state index in [0.717, 1.165) is 0 Å². The van der Waals surface area contributed by atoms with E-state index < -0.39 is 10.2 Å². The summed E-state index contributed by atoms with van der Waals surface area (Å²) in [7, 11) is 2.68. The van der Waals surface area contributed by atoms with Crippen LogP contribution >= 0.6 is 0 Å². The van der Waals surface area contributed by atoms with Gasteiger partial charge in [0.2, 0.25) is 0 Å². The van der Waals surface area contributed by atoms with Crippen molar-refractivity contribution in [3.8, 4) is 11.5 Å². The van der Waals surface area contributed by atoms with Crippen LogP contribution < -0.4 is 14.8 Å². The molecule has 140 valence electrons. The van der Waals surface area contributed by atoms with E-state index in [0.29, 0.717) is 43.0 Å². The molecule has 1 aliphatic heterocycles. The van der Waals surface area contributed by atoms with Crippen LogP contribution in [0.25, 0.3) is 0 Å². The molecule has 0 spiro atoms. The maximum absolute atomic E-state index is 12.4. The third-order valence-electron chi connectivity index (χ3n) is 4.22. The van der Waals surface area contributed by atoms with Crippen molar-refractivity contribution >= 4 is 16.1 Å². The van der Waals surface area contributed by atoms with Crippen molar-refractivity contribution in [1.82, 2.24) is 13.9 Å². The van der Waals surface area contributed by atoms with Gasteiger partial charge in [-0.2, -0.15) is 17.0 Å². The summed E-state index contributed by atoms with van der Waals surface area (Å²) < 4.78 is 37.2. The zero-order chi connectivity index (χ0) is 18.6. The minimum atomic E-state index is -3.40. The molecule has 0 radical (unpaired) electrons. The van der Waals surface area contributed by atoms with Crippen molar-refractivity contribution in [1.29, 1.82) is 0 Å². The summed E-state index contributed by atoms with van der Waals surface area (Å²) in [5.74, 6) is 0.832. The highest BCUT2D eigenvalue weighted by atomic mass is 32.2. The first kappa shape index (κ1) is 19.5. The number of ether oxygens (including phenoxy) is 2. The number of hydrogen-bond acceptors (Lipinski definition) is 5. The van der Waals surface area contributed by atoms with Crippen molar-refractivity contribution in [3.63, 3.8) is 0 Å². The number of piperidine rings is 1. The summed E-state index contributed by atoms with van der Waals surface area (Å²) in [6.45, 7) is 0.773. The highest BCUT2D eigenvalue weighted by molar-refractivity contribution is 7.86. The minimum absolute atomic E-state index is 0.0609. The van der Waals surface area contributed by atoms with Gasteiger partial charge in [0.1, 0.15) is 0 Å². The standard InChI is InChI=1S/C16H25N3O5S/c1-18(2)25(21,22)19-9-7-13(8-10-19)17-16(20)12-5-6-14(23-3)15(11-12)24-4/h5-6,11,13H,7-10H2,1-4H3,(H,17,20). The Labute approximate surface area is 148 Å². The summed E-state index contributed by atoms with van der Waals surface area (Å²) in [5.41, 5.74) is 0.473. The van der Waals surface area contributed by atoms with E-state index in [1.807, 2.05) is 0 Å². The largest absolute Gasteiger partial charge is 0.493 e. The lowest BCUT2D eigenvalue weighted by molar-refractivity contribution is 0.0923. The fourth-order valence-corrected chi connectivity index (χ4v) is 3.84. The molecule has 1 N–H and O–H groups in total. The Kier molecular flexibility index (Phi) is 6.26. The van der Waals surface area contributed by atoms with Gasteiger partial charge in [0, 0.05) is 38.8 Å². The highest BCUT2D eigenvalue weighted by Crippen LogP contribution is 2.27. The Hall–Kier alpha value is -1.84. The Morgan fingerprint density at radius 1 is 1.16 bits per heavy atom. The topological polar surface area (TPSA) is 88.2 Å². The summed E-state index contributed by atoms with van der Waals surface area (Å²) >= 11 is 0. The van der Waals surface area contributed by atoms with Gasteiger partial charge >= 0.3 is 0 Å². The van der Waals surface area contributed by atoms with Crippen LogP contribution in [0.4, 0.5) is 0 Å². The number of carbonyl (C=O) groups excluding carboxylic acids is 1. The molecule has 1 amide bonds. The second kappa shape index (κ2) is 8.03. The maximum atomic E-state index is 12.4. The van der Waals surface area contributed by atoms with Crippen LogP contribution in [0.5, 0.6) is 11.5 Å². The number of benzene rings is 1. The van der Waals surface area contributed by atoms with Gasteiger partial charge in [0.15, 0.2) is 11.5 Å². The van der Waals surface area contributed by atoms with E-state index in [9.17, 15) is 13.2 Å². The lowest BCUT2D eigenvalue weighted by Crippen LogP contribution is -2.49. The van der Waals surface area contributed by atoms with Gasteiger partial charge in [-0.3, -0.25) is 4.79 Å². The lowest BCUT2D eigenvalue weighted by Gasteiger charge is -2.33. The van der Waals surface area contributed by atoms with Crippen LogP contribution in [0.1, 0.15) is 23.2 Å². The number of carbonyl (C=O) groups is 1. The van der Waals surface area contributed by atoms with Gasteiger partial charge in [-0.1, -0.05) is 0 Å². The van der Waals surface area contributed by atoms with Gasteiger partial charge in [-0.05, 0) is 31.0 Å². The van der Waals surface area contributed by atoms with Crippen LogP contribution in [0.15, 0.2) is 18.2 Å². The van der Waals surface area contributed by atoms with E-state index in [4.69, 9.17) is 9.47 Å². The second-order valence-electron chi connectivity index (χ2n) is 6.01. The van der Waals surface area contributed by atoms with Crippen molar-refractivity contribution < 1.29 is 22.7 Å². The summed E-state index contributed by atoms with van der Waals surface area (Å²) in [5, 5.41) is 2.95. The normalized spacial score (nSPS) is 16.7. The summed E-state index contributed by atoms with van der Waals surface area (Å²) in [6.07, 6.45) is 1.15. The van der Waals surface area contributed by atoms with Crippen molar-refractivity contribution in [2.75, 3.05) is 41.4 Å². The molecule has 1 aromatic carbocycles. The molecule has 0 saturated carbocycles. The molecule has 0 unspecified atom stereocenters. The Morgan fingerprint density at radius 2 is 1.76 bits per heavy atom. The average molecular weight is 371 g/mol. The molecule has 1 heterocycles. The Morgan fingerprint density at radius 3 is 2.28 bits per heavy atom. The van der Waals surface area contributed by atoms with Crippen molar-refractivity contribution in [2.45, 2.75) is 18.9 Å². The molecule has 9 heteroatoms. The predicted octanol–water partition coefficient (Wildman–Crippen LogP) is 0.704. The van der Waals surface area contributed by atoms with E-state index >= 15 is 0 Å². The molecule has 2 rings (SSSR count). The number of nitrogens with zero attached hydrogens (tertiary/aromatic N) is 2. The first-order valence-electron chi connectivity index (χ1n) is 8.00. The number of methoxy groups -OCH3 is 2. The monoisotopic (exact) mass is 371 g/mol. The van der Waals surface area contributed by atoms with Crippen LogP contribution in [-0.2, 0) is 10.2 Å². The number of nitrogens with one attached hydrogen (secondary N) is 1. The zero-order valence-corrected chi connectivity index (χ0v) is 15.8. The van der Waals surface area contributed by atoms with Crippen LogP contribution in [0, 0.1) is 0 Å².